The van der Waals surface area contributed by atoms with Crippen molar-refractivity contribution in [2.75, 3.05) is 13.2 Å². The molecule has 0 amide bonds. The van der Waals surface area contributed by atoms with Crippen LogP contribution >= 0.6 is 15.9 Å². The van der Waals surface area contributed by atoms with Crippen LogP contribution in [0.4, 0.5) is 0 Å². The van der Waals surface area contributed by atoms with E-state index in [1.165, 1.54) is 0 Å². The molecule has 0 radical (unpaired) electrons. The van der Waals surface area contributed by atoms with E-state index in [0.717, 1.165) is 28.6 Å². The van der Waals surface area contributed by atoms with Crippen LogP contribution in [0.2, 0.25) is 0 Å². The molecule has 1 aromatic carbocycles. The lowest BCUT2D eigenvalue weighted by Gasteiger charge is -2.18. The summed E-state index contributed by atoms with van der Waals surface area (Å²) in [6.07, 6.45) is 0.314. The first kappa shape index (κ1) is 13.0. The molecule has 2 aromatic rings. The fraction of sp³-hybridized carbons (Fsp3) is 0.286. The average Bonchev–Trinajstić information content (AvgIpc) is 2.75. The minimum atomic E-state index is 0.314. The SMILES string of the molecule is Cn1c(-c2ccc3c(c2)OCCO3)nc(Br)c1CC#N. The summed E-state index contributed by atoms with van der Waals surface area (Å²) in [5, 5.41) is 8.86. The van der Waals surface area contributed by atoms with Crippen molar-refractivity contribution in [1.29, 1.82) is 5.26 Å². The standard InChI is InChI=1S/C14H12BrN3O2/c1-18-10(4-5-16)13(15)17-14(18)9-2-3-11-12(8-9)20-7-6-19-11/h2-3,8H,4,6-7H2,1H3. The maximum absolute atomic E-state index is 8.86. The Hall–Kier alpha value is -2.00. The van der Waals surface area contributed by atoms with E-state index in [2.05, 4.69) is 27.0 Å². The Labute approximate surface area is 124 Å². The van der Waals surface area contributed by atoms with E-state index in [4.69, 9.17) is 14.7 Å². The van der Waals surface area contributed by atoms with Crippen molar-refractivity contribution < 1.29 is 9.47 Å². The molecule has 1 aliphatic heterocycles. The summed E-state index contributed by atoms with van der Waals surface area (Å²) in [4.78, 5) is 4.48. The van der Waals surface area contributed by atoms with Crippen LogP contribution in [0, 0.1) is 11.3 Å². The Kier molecular flexibility index (Phi) is 3.36. The number of hydrogen-bond acceptors (Lipinski definition) is 4. The molecule has 0 atom stereocenters. The van der Waals surface area contributed by atoms with Crippen molar-refractivity contribution >= 4 is 15.9 Å². The third kappa shape index (κ3) is 2.14. The monoisotopic (exact) mass is 333 g/mol. The first-order chi connectivity index (χ1) is 9.70. The first-order valence-corrected chi connectivity index (χ1v) is 6.98. The van der Waals surface area contributed by atoms with Gasteiger partial charge in [0.25, 0.3) is 0 Å². The molecule has 0 N–H and O–H groups in total. The number of nitriles is 1. The van der Waals surface area contributed by atoms with Gasteiger partial charge in [0.15, 0.2) is 11.5 Å². The molecule has 5 nitrogen and oxygen atoms in total. The largest absolute Gasteiger partial charge is 0.486 e. The lowest BCUT2D eigenvalue weighted by Crippen LogP contribution is -2.15. The van der Waals surface area contributed by atoms with Crippen LogP contribution in [0.3, 0.4) is 0 Å². The van der Waals surface area contributed by atoms with Crippen LogP contribution in [0.15, 0.2) is 22.8 Å². The van der Waals surface area contributed by atoms with Crippen molar-refractivity contribution in [3.63, 3.8) is 0 Å². The number of fused-ring (bicyclic) bond motifs is 1. The Balaban J connectivity index is 2.05. The molecule has 20 heavy (non-hydrogen) atoms. The second-order valence-electron chi connectivity index (χ2n) is 4.43. The minimum Gasteiger partial charge on any atom is -0.486 e. The van der Waals surface area contributed by atoms with Crippen LogP contribution in [0.25, 0.3) is 11.4 Å². The third-order valence-corrected chi connectivity index (χ3v) is 3.85. The highest BCUT2D eigenvalue weighted by Crippen LogP contribution is 2.35. The predicted molar refractivity (Wildman–Crippen MR) is 76.7 cm³/mol. The predicted octanol–water partition coefficient (Wildman–Crippen LogP) is 2.69. The molecule has 0 saturated carbocycles. The number of benzene rings is 1. The van der Waals surface area contributed by atoms with Crippen molar-refractivity contribution in [1.82, 2.24) is 9.55 Å². The maximum Gasteiger partial charge on any atom is 0.162 e. The second kappa shape index (κ2) is 5.17. The molecule has 102 valence electrons. The summed E-state index contributed by atoms with van der Waals surface area (Å²) in [5.74, 6) is 2.28. The topological polar surface area (TPSA) is 60.1 Å². The first-order valence-electron chi connectivity index (χ1n) is 6.18. The highest BCUT2D eigenvalue weighted by Gasteiger charge is 2.17. The van der Waals surface area contributed by atoms with Crippen molar-refractivity contribution in [3.8, 4) is 29.0 Å². The summed E-state index contributed by atoms with van der Waals surface area (Å²) in [5.41, 5.74) is 1.79. The van der Waals surface area contributed by atoms with Gasteiger partial charge in [0.2, 0.25) is 0 Å². The average molecular weight is 334 g/mol. The highest BCUT2D eigenvalue weighted by molar-refractivity contribution is 9.10. The number of halogens is 1. The fourth-order valence-corrected chi connectivity index (χ4v) is 2.78. The molecule has 3 rings (SSSR count). The van der Waals surface area contributed by atoms with Crippen LogP contribution in [-0.2, 0) is 13.5 Å². The van der Waals surface area contributed by atoms with Gasteiger partial charge in [-0.25, -0.2) is 4.98 Å². The van der Waals surface area contributed by atoms with Gasteiger partial charge in [-0.3, -0.25) is 0 Å². The van der Waals surface area contributed by atoms with Crippen LogP contribution in [0.5, 0.6) is 11.5 Å². The summed E-state index contributed by atoms with van der Waals surface area (Å²) >= 11 is 3.40. The van der Waals surface area contributed by atoms with Gasteiger partial charge in [-0.15, -0.1) is 0 Å². The molecule has 0 unspecified atom stereocenters. The Morgan fingerprint density at radius 3 is 2.85 bits per heavy atom. The molecular formula is C14H12BrN3O2. The Morgan fingerprint density at radius 1 is 1.35 bits per heavy atom. The van der Waals surface area contributed by atoms with E-state index in [1.807, 2.05) is 29.8 Å². The van der Waals surface area contributed by atoms with Crippen LogP contribution < -0.4 is 9.47 Å². The lowest BCUT2D eigenvalue weighted by molar-refractivity contribution is 0.171. The number of nitrogens with zero attached hydrogens (tertiary/aromatic N) is 3. The van der Waals surface area contributed by atoms with Crippen molar-refractivity contribution in [2.24, 2.45) is 7.05 Å². The summed E-state index contributed by atoms with van der Waals surface area (Å²) in [6.45, 7) is 1.13. The Morgan fingerprint density at radius 2 is 2.10 bits per heavy atom. The summed E-state index contributed by atoms with van der Waals surface area (Å²) < 4.78 is 13.7. The minimum absolute atomic E-state index is 0.314. The molecule has 0 aliphatic carbocycles. The lowest BCUT2D eigenvalue weighted by atomic mass is 10.2. The second-order valence-corrected chi connectivity index (χ2v) is 5.18. The van der Waals surface area contributed by atoms with E-state index in [0.29, 0.717) is 24.2 Å². The molecule has 1 aromatic heterocycles. The Bertz CT molecular complexity index is 703. The molecule has 0 saturated heterocycles. The zero-order chi connectivity index (χ0) is 14.1. The van der Waals surface area contributed by atoms with Gasteiger partial charge in [0.1, 0.15) is 23.6 Å². The van der Waals surface area contributed by atoms with E-state index in [1.54, 1.807) is 0 Å². The molecule has 0 fully saturated rings. The normalized spacial score (nSPS) is 13.1. The molecule has 2 heterocycles. The van der Waals surface area contributed by atoms with Crippen molar-refractivity contribution in [3.05, 3.63) is 28.5 Å². The zero-order valence-electron chi connectivity index (χ0n) is 10.9. The maximum atomic E-state index is 8.86. The number of imidazole rings is 1. The fourth-order valence-electron chi connectivity index (χ4n) is 2.21. The smallest absolute Gasteiger partial charge is 0.162 e. The zero-order valence-corrected chi connectivity index (χ0v) is 12.5. The summed E-state index contributed by atoms with van der Waals surface area (Å²) in [6, 6.07) is 7.89. The number of aromatic nitrogens is 2. The van der Waals surface area contributed by atoms with Crippen LogP contribution in [-0.4, -0.2) is 22.8 Å². The van der Waals surface area contributed by atoms with Gasteiger partial charge < -0.3 is 14.0 Å². The van der Waals surface area contributed by atoms with E-state index >= 15 is 0 Å². The van der Waals surface area contributed by atoms with Crippen molar-refractivity contribution in [2.45, 2.75) is 6.42 Å². The van der Waals surface area contributed by atoms with E-state index in [9.17, 15) is 0 Å². The molecule has 6 heteroatoms. The third-order valence-electron chi connectivity index (χ3n) is 3.21. The highest BCUT2D eigenvalue weighted by atomic mass is 79.9. The van der Waals surface area contributed by atoms with Crippen LogP contribution in [0.1, 0.15) is 5.69 Å². The van der Waals surface area contributed by atoms with E-state index in [-0.39, 0.29) is 0 Å². The van der Waals surface area contributed by atoms with Gasteiger partial charge >= 0.3 is 0 Å². The number of hydrogen-bond donors (Lipinski definition) is 0. The van der Waals surface area contributed by atoms with Gasteiger partial charge in [-0.05, 0) is 34.1 Å². The summed E-state index contributed by atoms with van der Waals surface area (Å²) in [7, 11) is 1.90. The number of ether oxygens (including phenoxy) is 2. The van der Waals surface area contributed by atoms with Gasteiger partial charge in [-0.2, -0.15) is 5.26 Å². The molecule has 0 spiro atoms. The van der Waals surface area contributed by atoms with Gasteiger partial charge in [0.05, 0.1) is 18.2 Å². The quantitative estimate of drug-likeness (QED) is 0.847. The van der Waals surface area contributed by atoms with E-state index < -0.39 is 0 Å². The molecular weight excluding hydrogens is 322 g/mol. The molecule has 1 aliphatic rings. The van der Waals surface area contributed by atoms with Gasteiger partial charge in [-0.1, -0.05) is 0 Å². The number of rotatable bonds is 2. The molecule has 0 bridgehead atoms. The van der Waals surface area contributed by atoms with Gasteiger partial charge in [0, 0.05) is 12.6 Å².